The molecule has 2 aromatic rings. The highest BCUT2D eigenvalue weighted by atomic mass is 16.5. The van der Waals surface area contributed by atoms with Gasteiger partial charge in [0, 0.05) is 5.57 Å². The molecule has 1 aliphatic rings. The Labute approximate surface area is 154 Å². The topological polar surface area (TPSA) is 44.8 Å². The Bertz CT molecular complexity index is 821. The summed E-state index contributed by atoms with van der Waals surface area (Å²) in [7, 11) is 1.62. The van der Waals surface area contributed by atoms with Crippen LogP contribution in [0.4, 0.5) is 0 Å². The van der Waals surface area contributed by atoms with Gasteiger partial charge in [0.1, 0.15) is 12.4 Å². The van der Waals surface area contributed by atoms with Crippen LogP contribution in [0, 0.1) is 5.92 Å². The van der Waals surface area contributed by atoms with Gasteiger partial charge in [0.05, 0.1) is 19.3 Å². The number of carbonyl (C=O) groups excluding carboxylic acids is 1. The van der Waals surface area contributed by atoms with Crippen molar-refractivity contribution in [3.05, 3.63) is 59.2 Å². The maximum absolute atomic E-state index is 12.6. The van der Waals surface area contributed by atoms with Crippen molar-refractivity contribution in [2.45, 2.75) is 20.3 Å². The smallest absolute Gasteiger partial charge is 0.196 e. The van der Waals surface area contributed by atoms with E-state index < -0.39 is 0 Å². The van der Waals surface area contributed by atoms with Gasteiger partial charge in [-0.2, -0.15) is 0 Å². The average molecular weight is 352 g/mol. The second-order valence-electron chi connectivity index (χ2n) is 6.72. The Morgan fingerprint density at radius 1 is 1.15 bits per heavy atom. The van der Waals surface area contributed by atoms with Gasteiger partial charge in [0.15, 0.2) is 17.3 Å². The summed E-state index contributed by atoms with van der Waals surface area (Å²) in [5.74, 6) is 2.61. The number of para-hydroxylation sites is 1. The average Bonchev–Trinajstić information content (AvgIpc) is 2.65. The van der Waals surface area contributed by atoms with Crippen LogP contribution in [0.25, 0.3) is 6.08 Å². The van der Waals surface area contributed by atoms with Gasteiger partial charge >= 0.3 is 0 Å². The predicted octanol–water partition coefficient (Wildman–Crippen LogP) is 4.78. The van der Waals surface area contributed by atoms with Crippen molar-refractivity contribution in [3.8, 4) is 17.2 Å². The summed E-state index contributed by atoms with van der Waals surface area (Å²) in [5, 5.41) is 0. The van der Waals surface area contributed by atoms with Gasteiger partial charge in [0.2, 0.25) is 0 Å². The largest absolute Gasteiger partial charge is 0.493 e. The first-order valence-corrected chi connectivity index (χ1v) is 8.86. The Balaban J connectivity index is 1.80. The zero-order valence-electron chi connectivity index (χ0n) is 15.5. The predicted molar refractivity (Wildman–Crippen MR) is 102 cm³/mol. The lowest BCUT2D eigenvalue weighted by Crippen LogP contribution is -2.18. The molecule has 1 aliphatic heterocycles. The fourth-order valence-corrected chi connectivity index (χ4v) is 2.78. The van der Waals surface area contributed by atoms with Crippen LogP contribution in [0.15, 0.2) is 48.0 Å². The van der Waals surface area contributed by atoms with Crippen LogP contribution >= 0.6 is 0 Å². The van der Waals surface area contributed by atoms with Crippen LogP contribution in [0.2, 0.25) is 0 Å². The highest BCUT2D eigenvalue weighted by Crippen LogP contribution is 2.31. The van der Waals surface area contributed by atoms with E-state index in [1.54, 1.807) is 13.2 Å². The van der Waals surface area contributed by atoms with E-state index >= 15 is 0 Å². The summed E-state index contributed by atoms with van der Waals surface area (Å²) in [6.07, 6.45) is 2.83. The Morgan fingerprint density at radius 3 is 2.73 bits per heavy atom. The molecule has 0 N–H and O–H groups in total. The van der Waals surface area contributed by atoms with Gasteiger partial charge in [-0.1, -0.05) is 32.0 Å². The summed E-state index contributed by atoms with van der Waals surface area (Å²) in [4.78, 5) is 12.6. The number of hydrogen-bond donors (Lipinski definition) is 0. The summed E-state index contributed by atoms with van der Waals surface area (Å²) < 4.78 is 16.9. The zero-order chi connectivity index (χ0) is 18.5. The van der Waals surface area contributed by atoms with Crippen LogP contribution in [-0.2, 0) is 0 Å². The van der Waals surface area contributed by atoms with E-state index in [4.69, 9.17) is 14.2 Å². The number of Topliss-reactive ketones (excluding diaryl/α,β-unsaturated/α-hetero) is 1. The molecule has 0 saturated heterocycles. The maximum Gasteiger partial charge on any atom is 0.196 e. The number of benzene rings is 2. The molecule has 1 heterocycles. The number of ketones is 1. The molecule has 3 rings (SSSR count). The summed E-state index contributed by atoms with van der Waals surface area (Å²) in [6.45, 7) is 5.25. The van der Waals surface area contributed by atoms with E-state index in [0.717, 1.165) is 12.0 Å². The number of hydrogen-bond acceptors (Lipinski definition) is 4. The van der Waals surface area contributed by atoms with Crippen molar-refractivity contribution in [1.29, 1.82) is 0 Å². The molecule has 26 heavy (non-hydrogen) atoms. The first-order valence-electron chi connectivity index (χ1n) is 8.86. The highest BCUT2D eigenvalue weighted by molar-refractivity contribution is 6.14. The Hall–Kier alpha value is -2.75. The molecule has 0 amide bonds. The summed E-state index contributed by atoms with van der Waals surface area (Å²) >= 11 is 0. The van der Waals surface area contributed by atoms with Gasteiger partial charge in [-0.25, -0.2) is 0 Å². The quantitative estimate of drug-likeness (QED) is 0.702. The van der Waals surface area contributed by atoms with Crippen LogP contribution in [-0.4, -0.2) is 26.1 Å². The van der Waals surface area contributed by atoms with Crippen molar-refractivity contribution in [2.24, 2.45) is 5.92 Å². The first kappa shape index (κ1) is 18.1. The van der Waals surface area contributed by atoms with Crippen LogP contribution < -0.4 is 14.2 Å². The Kier molecular flexibility index (Phi) is 5.61. The maximum atomic E-state index is 12.6. The molecule has 0 radical (unpaired) electrons. The van der Waals surface area contributed by atoms with E-state index in [1.807, 2.05) is 42.5 Å². The minimum atomic E-state index is 0.00285. The van der Waals surface area contributed by atoms with E-state index in [1.165, 1.54) is 0 Å². The van der Waals surface area contributed by atoms with Gasteiger partial charge in [-0.15, -0.1) is 0 Å². The molecule has 4 nitrogen and oxygen atoms in total. The van der Waals surface area contributed by atoms with Crippen LogP contribution in [0.5, 0.6) is 17.2 Å². The number of fused-ring (bicyclic) bond motifs is 1. The molecule has 0 aliphatic carbocycles. The molecular formula is C22H24O4. The molecule has 0 saturated carbocycles. The third-order valence-electron chi connectivity index (χ3n) is 4.29. The van der Waals surface area contributed by atoms with Crippen molar-refractivity contribution in [2.75, 3.05) is 20.3 Å². The molecule has 0 bridgehead atoms. The molecule has 0 unspecified atom stereocenters. The van der Waals surface area contributed by atoms with E-state index in [2.05, 4.69) is 13.8 Å². The number of rotatable bonds is 6. The lowest BCUT2D eigenvalue weighted by molar-refractivity contribution is 0.100. The standard InChI is InChI=1S/C22H24O4/c1-15(2)10-11-25-20-9-8-16(13-21(20)24-3)12-17-14-26-19-7-5-4-6-18(19)22(17)23/h4-9,12-13,15H,10-11,14H2,1-3H3/b17-12+. The normalized spacial score (nSPS) is 14.9. The second kappa shape index (κ2) is 8.09. The summed E-state index contributed by atoms with van der Waals surface area (Å²) in [5.41, 5.74) is 2.11. The number of carbonyl (C=O) groups is 1. The molecule has 0 aromatic heterocycles. The molecule has 0 spiro atoms. The lowest BCUT2D eigenvalue weighted by atomic mass is 9.98. The molecule has 4 heteroatoms. The lowest BCUT2D eigenvalue weighted by Gasteiger charge is -2.18. The van der Waals surface area contributed by atoms with Crippen molar-refractivity contribution in [3.63, 3.8) is 0 Å². The Morgan fingerprint density at radius 2 is 1.96 bits per heavy atom. The van der Waals surface area contributed by atoms with Gasteiger partial charge in [-0.3, -0.25) is 4.79 Å². The zero-order valence-corrected chi connectivity index (χ0v) is 15.5. The second-order valence-corrected chi connectivity index (χ2v) is 6.72. The minimum Gasteiger partial charge on any atom is -0.493 e. The fourth-order valence-electron chi connectivity index (χ4n) is 2.78. The number of methoxy groups -OCH3 is 1. The molecule has 0 fully saturated rings. The van der Waals surface area contributed by atoms with Gasteiger partial charge in [-0.05, 0) is 48.2 Å². The highest BCUT2D eigenvalue weighted by Gasteiger charge is 2.22. The number of ether oxygens (including phenoxy) is 3. The van der Waals surface area contributed by atoms with Crippen LogP contribution in [0.1, 0.15) is 36.2 Å². The molecule has 2 aromatic carbocycles. The molecule has 136 valence electrons. The third-order valence-corrected chi connectivity index (χ3v) is 4.29. The van der Waals surface area contributed by atoms with Gasteiger partial charge < -0.3 is 14.2 Å². The minimum absolute atomic E-state index is 0.00285. The molecule has 0 atom stereocenters. The van der Waals surface area contributed by atoms with Gasteiger partial charge in [0.25, 0.3) is 0 Å². The molecular weight excluding hydrogens is 328 g/mol. The SMILES string of the molecule is COc1cc(/C=C2\COc3ccccc3C2=O)ccc1OCCC(C)C. The van der Waals surface area contributed by atoms with Crippen molar-refractivity contribution in [1.82, 2.24) is 0 Å². The van der Waals surface area contributed by atoms with Crippen molar-refractivity contribution >= 4 is 11.9 Å². The van der Waals surface area contributed by atoms with Crippen molar-refractivity contribution < 1.29 is 19.0 Å². The summed E-state index contributed by atoms with van der Waals surface area (Å²) in [6, 6.07) is 13.0. The van der Waals surface area contributed by atoms with Crippen LogP contribution in [0.3, 0.4) is 0 Å². The first-order chi connectivity index (χ1) is 12.6. The fraction of sp³-hybridized carbons (Fsp3) is 0.318. The van der Waals surface area contributed by atoms with E-state index in [0.29, 0.717) is 40.9 Å². The third kappa shape index (κ3) is 4.07. The van der Waals surface area contributed by atoms with E-state index in [9.17, 15) is 4.79 Å². The van der Waals surface area contributed by atoms with E-state index in [-0.39, 0.29) is 12.4 Å². The monoisotopic (exact) mass is 352 g/mol.